The molecule has 0 atom stereocenters. The Morgan fingerprint density at radius 3 is 2.09 bits per heavy atom. The first-order valence-electron chi connectivity index (χ1n) is 2.46. The molecule has 0 amide bonds. The van der Waals surface area contributed by atoms with Crippen LogP contribution in [0.15, 0.2) is 0 Å². The second-order valence-corrected chi connectivity index (χ2v) is 1.60. The summed E-state index contributed by atoms with van der Waals surface area (Å²) < 4.78 is 4.00. The molecule has 0 aromatic carbocycles. The van der Waals surface area contributed by atoms with Gasteiger partial charge < -0.3 is 28.2 Å². The number of ketones is 1. The second kappa shape index (κ2) is 17.0. The van der Waals surface area contributed by atoms with Gasteiger partial charge in [-0.3, -0.25) is 6.26 Å². The van der Waals surface area contributed by atoms with Crippen molar-refractivity contribution in [3.63, 3.8) is 0 Å². The maximum atomic E-state index is 10.1. The van der Waals surface area contributed by atoms with Gasteiger partial charge in [0.2, 0.25) is 0 Å². The predicted octanol–water partition coefficient (Wildman–Crippen LogP) is 1.64. The summed E-state index contributed by atoms with van der Waals surface area (Å²) >= 11 is 1.000. The van der Waals surface area contributed by atoms with Crippen LogP contribution in [0.4, 0.5) is 0 Å². The fourth-order valence-corrected chi connectivity index (χ4v) is 0.165. The Balaban J connectivity index is -0.000000140. The molecule has 0 aromatic heterocycles. The van der Waals surface area contributed by atoms with Crippen LogP contribution in [0.2, 0.25) is 0 Å². The Kier molecular flexibility index (Phi) is 27.2. The van der Waals surface area contributed by atoms with Crippen LogP contribution in [0.5, 0.6) is 0 Å². The van der Waals surface area contributed by atoms with Crippen molar-refractivity contribution in [3.05, 3.63) is 26.5 Å². The summed E-state index contributed by atoms with van der Waals surface area (Å²) in [6.45, 7) is 3.29. The molecule has 0 N–H and O–H groups in total. The van der Waals surface area contributed by atoms with Gasteiger partial charge in [-0.05, 0) is 6.26 Å². The molecule has 0 aliphatic rings. The summed E-state index contributed by atoms with van der Waals surface area (Å²) in [5.41, 5.74) is 0. The van der Waals surface area contributed by atoms with Gasteiger partial charge in [0.1, 0.15) is 19.5 Å². The summed E-state index contributed by atoms with van der Waals surface area (Å²) in [4.78, 5) is 10.1. The Bertz CT molecular complexity index is 78.8. The molecule has 0 saturated heterocycles. The monoisotopic (exact) mass is 342 g/mol. The van der Waals surface area contributed by atoms with E-state index in [4.69, 9.17) is 0 Å². The summed E-state index contributed by atoms with van der Waals surface area (Å²) in [7, 11) is 4.56. The third kappa shape index (κ3) is 24.9. The van der Waals surface area contributed by atoms with E-state index in [2.05, 4.69) is 31.3 Å². The zero-order valence-electron chi connectivity index (χ0n) is 6.12. The molecule has 0 aliphatic heterocycles. The van der Waals surface area contributed by atoms with E-state index in [0.29, 0.717) is 0 Å². The fraction of sp³-hybridized carbons (Fsp3) is 0.286. The second-order valence-electron chi connectivity index (χ2n) is 1.27. The van der Waals surface area contributed by atoms with Gasteiger partial charge in [-0.25, -0.2) is 0 Å². The van der Waals surface area contributed by atoms with Gasteiger partial charge in [-0.1, -0.05) is 0 Å². The number of rotatable bonds is 3. The molecule has 62 valence electrons. The van der Waals surface area contributed by atoms with Gasteiger partial charge in [0, 0.05) is 0 Å². The smallest absolute Gasteiger partial charge is 0.365 e. The van der Waals surface area contributed by atoms with Crippen LogP contribution >= 0.6 is 11.8 Å². The molecular weight excluding hydrogens is 332 g/mol. The van der Waals surface area contributed by atoms with E-state index in [1.165, 1.54) is 0 Å². The van der Waals surface area contributed by atoms with Crippen LogP contribution in [-0.4, -0.2) is 12.4 Å². The largest absolute Gasteiger partial charge is 2.00 e. The van der Waals surface area contributed by atoms with E-state index in [0.717, 1.165) is 11.8 Å². The Morgan fingerprint density at radius 2 is 2.00 bits per heavy atom. The van der Waals surface area contributed by atoms with Crippen molar-refractivity contribution >= 4 is 17.5 Å². The van der Waals surface area contributed by atoms with E-state index >= 15 is 0 Å². The van der Waals surface area contributed by atoms with Gasteiger partial charge in [0.05, 0.1) is 0 Å². The molecule has 0 aliphatic carbocycles. The third-order valence-corrected chi connectivity index (χ3v) is 0.523. The third-order valence-electron chi connectivity index (χ3n) is 0.523. The van der Waals surface area contributed by atoms with Crippen molar-refractivity contribution in [2.24, 2.45) is 0 Å². The van der Waals surface area contributed by atoms with Crippen LogP contribution in [0.25, 0.3) is 0 Å². The Labute approximate surface area is 87.7 Å². The van der Waals surface area contributed by atoms with Crippen molar-refractivity contribution in [1.29, 1.82) is 0 Å². The molecule has 0 saturated carbocycles. The molecule has 0 bridgehead atoms. The molecule has 11 heavy (non-hydrogen) atoms. The van der Waals surface area contributed by atoms with Crippen molar-refractivity contribution < 1.29 is 30.6 Å². The van der Waals surface area contributed by atoms with Gasteiger partial charge in [0.15, 0.2) is 0 Å². The summed E-state index contributed by atoms with van der Waals surface area (Å²) in [5, 5.41) is 0. The topological polar surface area (TPSA) is 26.3 Å². The molecule has 4 heteroatoms. The van der Waals surface area contributed by atoms with Crippen molar-refractivity contribution in [1.82, 2.24) is 0 Å². The van der Waals surface area contributed by atoms with Crippen molar-refractivity contribution in [2.45, 2.75) is 6.42 Å². The van der Waals surface area contributed by atoms with Crippen molar-refractivity contribution in [3.8, 4) is 0 Å². The average molecular weight is 342 g/mol. The van der Waals surface area contributed by atoms with E-state index in [1.54, 1.807) is 0 Å². The minimum atomic E-state index is -0.0810. The zero-order chi connectivity index (χ0) is 8.41. The number of hydrogen-bond donors (Lipinski definition) is 0. The average Bonchev–Trinajstić information content (AvgIpc) is 1.90. The first kappa shape index (κ1) is 17.7. The zero-order valence-corrected chi connectivity index (χ0v) is 9.87. The maximum Gasteiger partial charge on any atom is 2.00 e. The summed E-state index contributed by atoms with van der Waals surface area (Å²) in [6.07, 6.45) is 8.08. The first-order chi connectivity index (χ1) is 4.72. The number of carbonyl (C=O) groups is 1. The maximum absolute atomic E-state index is 10.1. The van der Waals surface area contributed by atoms with Gasteiger partial charge in [-0.15, -0.1) is 6.42 Å². The molecule has 0 spiro atoms. The minimum Gasteiger partial charge on any atom is -0.365 e. The minimum absolute atomic E-state index is 0. The van der Waals surface area contributed by atoms with E-state index < -0.39 is 0 Å². The van der Waals surface area contributed by atoms with Crippen LogP contribution < -0.4 is 0 Å². The van der Waals surface area contributed by atoms with E-state index in [-0.39, 0.29) is 39.9 Å². The number of carbonyl (C=O) groups excluding carboxylic acids is 1. The number of hydrogen-bond acceptors (Lipinski definition) is 3. The number of thioether (sulfide) groups is 1. The normalized spacial score (nSPS) is 7.27. The Hall–Kier alpha value is 0.668. The van der Waals surface area contributed by atoms with Crippen LogP contribution in [0.1, 0.15) is 6.42 Å². The van der Waals surface area contributed by atoms with E-state index in [9.17, 15) is 4.79 Å². The number of ether oxygens (including phenoxy) is 1. The quantitative estimate of drug-likeness (QED) is 0.730. The Morgan fingerprint density at radius 1 is 1.64 bits per heavy atom. The van der Waals surface area contributed by atoms with Crippen LogP contribution in [0, 0.1) is 26.5 Å². The standard InChI is InChI=1S/C5H7O2.C2H3S.W/c1-3-5(6)4-7-2;1-3-2;/h2H,1,3-4H2;1H,2H2;/q2*-1;+2. The molecule has 0 heterocycles. The SMILES string of the molecule is [CH]OCC(=O)C[CH2-].[CH]S[CH2-].[W+2]. The molecule has 2 nitrogen and oxygen atoms in total. The molecule has 0 fully saturated rings. The van der Waals surface area contributed by atoms with Crippen LogP contribution in [-0.2, 0) is 30.6 Å². The van der Waals surface area contributed by atoms with E-state index in [1.807, 2.05) is 0 Å². The fourth-order valence-electron chi connectivity index (χ4n) is 0.165. The summed E-state index contributed by atoms with van der Waals surface area (Å²) in [6, 6.07) is 0. The molecule has 4 radical (unpaired) electrons. The van der Waals surface area contributed by atoms with Gasteiger partial charge in [0.25, 0.3) is 0 Å². The first-order valence-corrected chi connectivity index (χ1v) is 3.51. The van der Waals surface area contributed by atoms with Crippen LogP contribution in [0.3, 0.4) is 0 Å². The van der Waals surface area contributed by atoms with Crippen molar-refractivity contribution in [2.75, 3.05) is 6.61 Å². The molecule has 0 aromatic rings. The molecule has 0 unspecified atom stereocenters. The predicted molar refractivity (Wildman–Crippen MR) is 42.5 cm³/mol. The van der Waals surface area contributed by atoms with Gasteiger partial charge >= 0.3 is 21.1 Å². The molecular formula is C7H10O2SW. The molecule has 0 rings (SSSR count). The summed E-state index contributed by atoms with van der Waals surface area (Å²) in [5.74, 6) is -0.0810. The van der Waals surface area contributed by atoms with Gasteiger partial charge in [-0.2, -0.15) is 0 Å². The number of Topliss-reactive ketones (excluding diaryl/α,β-unsaturated/α-hetero) is 1.